The van der Waals surface area contributed by atoms with Crippen LogP contribution in [-0.2, 0) is 16.3 Å². The fourth-order valence-corrected chi connectivity index (χ4v) is 3.02. The zero-order valence-electron chi connectivity index (χ0n) is 9.19. The molecule has 0 aromatic heterocycles. The number of rotatable bonds is 4. The van der Waals surface area contributed by atoms with Crippen LogP contribution in [0.25, 0.3) is 0 Å². The lowest BCUT2D eigenvalue weighted by Crippen LogP contribution is -2.19. The van der Waals surface area contributed by atoms with Crippen molar-refractivity contribution in [2.45, 2.75) is 11.3 Å². The van der Waals surface area contributed by atoms with E-state index < -0.39 is 9.84 Å². The van der Waals surface area contributed by atoms with Crippen LogP contribution in [0.2, 0.25) is 0 Å². The Balaban J connectivity index is 2.27. The van der Waals surface area contributed by atoms with E-state index in [0.29, 0.717) is 18.0 Å². The van der Waals surface area contributed by atoms with E-state index in [0.717, 1.165) is 17.7 Å². The summed E-state index contributed by atoms with van der Waals surface area (Å²) in [5.41, 5.74) is 0.991. The third-order valence-electron chi connectivity index (χ3n) is 2.64. The zero-order chi connectivity index (χ0) is 11.6. The van der Waals surface area contributed by atoms with Crippen LogP contribution in [0.5, 0.6) is 5.75 Å². The van der Waals surface area contributed by atoms with Gasteiger partial charge in [0.05, 0.1) is 17.3 Å². The first kappa shape index (κ1) is 11.4. The molecule has 1 aromatic rings. The Morgan fingerprint density at radius 3 is 3.00 bits per heavy atom. The second-order valence-electron chi connectivity index (χ2n) is 3.79. The first-order valence-electron chi connectivity index (χ1n) is 5.26. The number of ether oxygens (including phenoxy) is 1. The van der Waals surface area contributed by atoms with Crippen molar-refractivity contribution >= 4 is 9.84 Å². The van der Waals surface area contributed by atoms with Crippen molar-refractivity contribution in [1.29, 1.82) is 0 Å². The molecule has 0 aliphatic carbocycles. The third-order valence-corrected chi connectivity index (χ3v) is 4.35. The van der Waals surface area contributed by atoms with E-state index in [2.05, 4.69) is 5.32 Å². The van der Waals surface area contributed by atoms with Crippen LogP contribution in [0.4, 0.5) is 0 Å². The maximum atomic E-state index is 11.9. The van der Waals surface area contributed by atoms with Gasteiger partial charge in [0.25, 0.3) is 0 Å². The highest BCUT2D eigenvalue weighted by atomic mass is 32.2. The molecule has 16 heavy (non-hydrogen) atoms. The van der Waals surface area contributed by atoms with Crippen molar-refractivity contribution in [3.8, 4) is 5.75 Å². The lowest BCUT2D eigenvalue weighted by Gasteiger charge is -2.05. The largest absolute Gasteiger partial charge is 0.493 e. The quantitative estimate of drug-likeness (QED) is 0.839. The van der Waals surface area contributed by atoms with E-state index in [1.165, 1.54) is 0 Å². The Morgan fingerprint density at radius 1 is 1.44 bits per heavy atom. The predicted molar refractivity (Wildman–Crippen MR) is 61.6 cm³/mol. The Hall–Kier alpha value is -1.07. The lowest BCUT2D eigenvalue weighted by atomic mass is 10.2. The molecule has 0 saturated heterocycles. The summed E-state index contributed by atoms with van der Waals surface area (Å²) < 4.78 is 29.2. The summed E-state index contributed by atoms with van der Waals surface area (Å²) in [4.78, 5) is 0.395. The Labute approximate surface area is 95.5 Å². The molecule has 1 heterocycles. The van der Waals surface area contributed by atoms with Crippen LogP contribution in [0, 0.1) is 0 Å². The molecule has 0 atom stereocenters. The molecule has 1 aliphatic rings. The molecule has 0 unspecified atom stereocenters. The number of hydrogen-bond acceptors (Lipinski definition) is 4. The minimum absolute atomic E-state index is 0.128. The van der Waals surface area contributed by atoms with E-state index in [-0.39, 0.29) is 5.75 Å². The second-order valence-corrected chi connectivity index (χ2v) is 5.90. The number of sulfone groups is 1. The Bertz CT molecular complexity index is 482. The number of hydrogen-bond donors (Lipinski definition) is 1. The SMILES string of the molecule is CNCCS(=O)(=O)c1ccc2c(c1)CCO2. The van der Waals surface area contributed by atoms with Crippen molar-refractivity contribution in [2.24, 2.45) is 0 Å². The molecule has 0 saturated carbocycles. The molecule has 0 spiro atoms. The molecule has 0 fully saturated rings. The summed E-state index contributed by atoms with van der Waals surface area (Å²) in [6, 6.07) is 5.09. The molecule has 0 radical (unpaired) electrons. The topological polar surface area (TPSA) is 55.4 Å². The summed E-state index contributed by atoms with van der Waals surface area (Å²) >= 11 is 0. The average Bonchev–Trinajstić information content (AvgIpc) is 2.73. The van der Waals surface area contributed by atoms with Crippen molar-refractivity contribution in [1.82, 2.24) is 5.32 Å². The molecule has 4 nitrogen and oxygen atoms in total. The van der Waals surface area contributed by atoms with Crippen molar-refractivity contribution in [3.05, 3.63) is 23.8 Å². The van der Waals surface area contributed by atoms with Crippen LogP contribution in [0.3, 0.4) is 0 Å². The van der Waals surface area contributed by atoms with Crippen LogP contribution in [0.1, 0.15) is 5.56 Å². The summed E-state index contributed by atoms with van der Waals surface area (Å²) in [6.45, 7) is 1.12. The van der Waals surface area contributed by atoms with E-state index in [1.54, 1.807) is 25.2 Å². The second kappa shape index (κ2) is 4.43. The molecule has 1 N–H and O–H groups in total. The smallest absolute Gasteiger partial charge is 0.179 e. The number of nitrogens with one attached hydrogen (secondary N) is 1. The van der Waals surface area contributed by atoms with Gasteiger partial charge in [-0.3, -0.25) is 0 Å². The minimum Gasteiger partial charge on any atom is -0.493 e. The first-order chi connectivity index (χ1) is 7.63. The van der Waals surface area contributed by atoms with Gasteiger partial charge in [-0.05, 0) is 30.8 Å². The van der Waals surface area contributed by atoms with Gasteiger partial charge in [0.1, 0.15) is 5.75 Å². The fraction of sp³-hybridized carbons (Fsp3) is 0.455. The fourth-order valence-electron chi connectivity index (χ4n) is 1.71. The molecule has 0 bridgehead atoms. The van der Waals surface area contributed by atoms with Crippen LogP contribution in [0.15, 0.2) is 23.1 Å². The van der Waals surface area contributed by atoms with Gasteiger partial charge in [-0.25, -0.2) is 8.42 Å². The molecule has 5 heteroatoms. The van der Waals surface area contributed by atoms with Gasteiger partial charge < -0.3 is 10.1 Å². The first-order valence-corrected chi connectivity index (χ1v) is 6.92. The Morgan fingerprint density at radius 2 is 2.25 bits per heavy atom. The van der Waals surface area contributed by atoms with E-state index >= 15 is 0 Å². The van der Waals surface area contributed by atoms with Crippen LogP contribution < -0.4 is 10.1 Å². The van der Waals surface area contributed by atoms with Crippen molar-refractivity contribution in [2.75, 3.05) is 26.0 Å². The van der Waals surface area contributed by atoms with Crippen molar-refractivity contribution < 1.29 is 13.2 Å². The van der Waals surface area contributed by atoms with Gasteiger partial charge in [-0.1, -0.05) is 0 Å². The van der Waals surface area contributed by atoms with E-state index in [9.17, 15) is 8.42 Å². The molecule has 88 valence electrons. The maximum absolute atomic E-state index is 11.9. The summed E-state index contributed by atoms with van der Waals surface area (Å²) in [7, 11) is -1.42. The van der Waals surface area contributed by atoms with E-state index in [1.807, 2.05) is 0 Å². The third kappa shape index (κ3) is 2.20. The standard InChI is InChI=1S/C11H15NO3S/c1-12-5-7-16(13,14)10-2-3-11-9(8-10)4-6-15-11/h2-3,8,12H,4-7H2,1H3. The number of fused-ring (bicyclic) bond motifs is 1. The molecule has 0 amide bonds. The zero-order valence-corrected chi connectivity index (χ0v) is 10.0. The predicted octanol–water partition coefficient (Wildman–Crippen LogP) is 0.615. The van der Waals surface area contributed by atoms with Crippen molar-refractivity contribution in [3.63, 3.8) is 0 Å². The molecule has 2 rings (SSSR count). The average molecular weight is 241 g/mol. The highest BCUT2D eigenvalue weighted by Gasteiger charge is 2.18. The normalized spacial score (nSPS) is 14.6. The molecular weight excluding hydrogens is 226 g/mol. The highest BCUT2D eigenvalue weighted by molar-refractivity contribution is 7.91. The summed E-state index contributed by atoms with van der Waals surface area (Å²) in [5, 5.41) is 2.84. The van der Waals surface area contributed by atoms with Gasteiger partial charge in [0.15, 0.2) is 9.84 Å². The minimum atomic E-state index is -3.16. The molecule has 1 aliphatic heterocycles. The summed E-state index contributed by atoms with van der Waals surface area (Å²) in [5.74, 6) is 0.941. The maximum Gasteiger partial charge on any atom is 0.179 e. The van der Waals surface area contributed by atoms with Gasteiger partial charge >= 0.3 is 0 Å². The lowest BCUT2D eigenvalue weighted by molar-refractivity contribution is 0.356. The van der Waals surface area contributed by atoms with Crippen LogP contribution in [-0.4, -0.2) is 34.4 Å². The van der Waals surface area contributed by atoms with Gasteiger partial charge in [0.2, 0.25) is 0 Å². The Kier molecular flexibility index (Phi) is 3.16. The van der Waals surface area contributed by atoms with Gasteiger partial charge in [-0.15, -0.1) is 0 Å². The molecule has 1 aromatic carbocycles. The summed E-state index contributed by atoms with van der Waals surface area (Å²) in [6.07, 6.45) is 0.796. The van der Waals surface area contributed by atoms with Crippen LogP contribution >= 0.6 is 0 Å². The van der Waals surface area contributed by atoms with E-state index in [4.69, 9.17) is 4.74 Å². The van der Waals surface area contributed by atoms with Gasteiger partial charge in [-0.2, -0.15) is 0 Å². The monoisotopic (exact) mass is 241 g/mol. The molecular formula is C11H15NO3S. The highest BCUT2D eigenvalue weighted by Crippen LogP contribution is 2.27. The number of benzene rings is 1. The van der Waals surface area contributed by atoms with Gasteiger partial charge in [0, 0.05) is 13.0 Å².